The van der Waals surface area contributed by atoms with E-state index in [1.54, 1.807) is 0 Å². The molecule has 0 aromatic carbocycles. The van der Waals surface area contributed by atoms with Gasteiger partial charge in [-0.05, 0) is 19.3 Å². The molecule has 2 heterocycles. The van der Waals surface area contributed by atoms with E-state index in [1.807, 2.05) is 4.68 Å². The summed E-state index contributed by atoms with van der Waals surface area (Å²) in [5, 5.41) is 13.4. The number of fused-ring (bicyclic) bond motifs is 1. The van der Waals surface area contributed by atoms with E-state index in [-0.39, 0.29) is 0 Å². The molecule has 1 aromatic heterocycles. The first-order valence-corrected chi connectivity index (χ1v) is 5.48. The number of aromatic nitrogens is 2. The summed E-state index contributed by atoms with van der Waals surface area (Å²) in [6.45, 7) is 1.35. The molecule has 1 aliphatic carbocycles. The van der Waals surface area contributed by atoms with Gasteiger partial charge in [-0.1, -0.05) is 0 Å². The SMILES string of the molecule is N#Cc1nn(C2CCC2)c2c1CCOC2. The highest BCUT2D eigenvalue weighted by atomic mass is 16.5. The quantitative estimate of drug-likeness (QED) is 0.695. The van der Waals surface area contributed by atoms with Gasteiger partial charge in [0.1, 0.15) is 6.07 Å². The number of hydrogen-bond donors (Lipinski definition) is 0. The Morgan fingerprint density at radius 1 is 1.47 bits per heavy atom. The minimum atomic E-state index is 0.516. The summed E-state index contributed by atoms with van der Waals surface area (Å²) in [5.74, 6) is 0. The highest BCUT2D eigenvalue weighted by Crippen LogP contribution is 2.34. The maximum Gasteiger partial charge on any atom is 0.166 e. The highest BCUT2D eigenvalue weighted by molar-refractivity contribution is 5.36. The first kappa shape index (κ1) is 8.93. The zero-order chi connectivity index (χ0) is 10.3. The van der Waals surface area contributed by atoms with Crippen LogP contribution in [0.5, 0.6) is 0 Å². The second kappa shape index (κ2) is 3.35. The van der Waals surface area contributed by atoms with Gasteiger partial charge in [0.2, 0.25) is 0 Å². The molecule has 2 aliphatic rings. The lowest BCUT2D eigenvalue weighted by Crippen LogP contribution is -2.22. The largest absolute Gasteiger partial charge is 0.375 e. The number of nitrogens with zero attached hydrogens (tertiary/aromatic N) is 3. The molecular formula is C11H13N3O. The summed E-state index contributed by atoms with van der Waals surface area (Å²) in [7, 11) is 0. The third kappa shape index (κ3) is 1.27. The molecule has 1 saturated carbocycles. The number of rotatable bonds is 1. The lowest BCUT2D eigenvalue weighted by molar-refractivity contribution is 0.0997. The van der Waals surface area contributed by atoms with Gasteiger partial charge in [-0.2, -0.15) is 10.4 Å². The molecule has 4 heteroatoms. The summed E-state index contributed by atoms with van der Waals surface area (Å²) in [5.41, 5.74) is 2.87. The Morgan fingerprint density at radius 3 is 3.00 bits per heavy atom. The molecular weight excluding hydrogens is 190 g/mol. The van der Waals surface area contributed by atoms with E-state index in [1.165, 1.54) is 19.3 Å². The number of hydrogen-bond acceptors (Lipinski definition) is 3. The molecule has 78 valence electrons. The summed E-state index contributed by atoms with van der Waals surface area (Å²) in [6.07, 6.45) is 4.50. The summed E-state index contributed by atoms with van der Waals surface area (Å²) >= 11 is 0. The third-order valence-corrected chi connectivity index (χ3v) is 3.38. The van der Waals surface area contributed by atoms with Crippen LogP contribution in [0.2, 0.25) is 0 Å². The van der Waals surface area contributed by atoms with E-state index in [9.17, 15) is 0 Å². The minimum absolute atomic E-state index is 0.516. The van der Waals surface area contributed by atoms with Crippen molar-refractivity contribution in [2.24, 2.45) is 0 Å². The fourth-order valence-electron chi connectivity index (χ4n) is 2.29. The predicted octanol–water partition coefficient (Wildman–Crippen LogP) is 1.55. The Bertz CT molecular complexity index is 426. The van der Waals surface area contributed by atoms with Crippen molar-refractivity contribution in [1.29, 1.82) is 5.26 Å². The van der Waals surface area contributed by atoms with Crippen LogP contribution >= 0.6 is 0 Å². The Kier molecular flexibility index (Phi) is 2.00. The molecule has 0 amide bonds. The molecule has 0 atom stereocenters. The first-order valence-electron chi connectivity index (χ1n) is 5.48. The lowest BCUT2D eigenvalue weighted by atomic mass is 9.93. The van der Waals surface area contributed by atoms with E-state index >= 15 is 0 Å². The van der Waals surface area contributed by atoms with E-state index in [0.29, 0.717) is 18.3 Å². The van der Waals surface area contributed by atoms with Crippen molar-refractivity contribution in [3.05, 3.63) is 17.0 Å². The van der Waals surface area contributed by atoms with E-state index in [0.717, 1.165) is 24.3 Å². The molecule has 0 saturated heterocycles. The molecule has 0 N–H and O–H groups in total. The Morgan fingerprint density at radius 2 is 2.33 bits per heavy atom. The van der Waals surface area contributed by atoms with Crippen molar-refractivity contribution < 1.29 is 4.74 Å². The van der Waals surface area contributed by atoms with Crippen molar-refractivity contribution in [3.8, 4) is 6.07 Å². The zero-order valence-electron chi connectivity index (χ0n) is 8.57. The van der Waals surface area contributed by atoms with Gasteiger partial charge < -0.3 is 4.74 Å². The van der Waals surface area contributed by atoms with E-state index < -0.39 is 0 Å². The first-order chi connectivity index (χ1) is 7.40. The molecule has 1 aliphatic heterocycles. The summed E-state index contributed by atoms with van der Waals surface area (Å²) < 4.78 is 7.48. The zero-order valence-corrected chi connectivity index (χ0v) is 8.57. The van der Waals surface area contributed by atoms with E-state index in [4.69, 9.17) is 10.00 Å². The van der Waals surface area contributed by atoms with Crippen LogP contribution in [0.15, 0.2) is 0 Å². The van der Waals surface area contributed by atoms with Crippen LogP contribution in [0.3, 0.4) is 0 Å². The average molecular weight is 203 g/mol. The Hall–Kier alpha value is -1.34. The number of ether oxygens (including phenoxy) is 1. The lowest BCUT2D eigenvalue weighted by Gasteiger charge is -2.28. The Labute approximate surface area is 88.5 Å². The molecule has 4 nitrogen and oxygen atoms in total. The average Bonchev–Trinajstić information content (AvgIpc) is 2.55. The predicted molar refractivity (Wildman–Crippen MR) is 53.2 cm³/mol. The summed E-state index contributed by atoms with van der Waals surface area (Å²) in [4.78, 5) is 0. The molecule has 0 radical (unpaired) electrons. The molecule has 3 rings (SSSR count). The van der Waals surface area contributed by atoms with Gasteiger partial charge in [-0.3, -0.25) is 4.68 Å². The topological polar surface area (TPSA) is 50.8 Å². The minimum Gasteiger partial charge on any atom is -0.375 e. The van der Waals surface area contributed by atoms with Gasteiger partial charge in [0.15, 0.2) is 5.69 Å². The molecule has 0 spiro atoms. The fourth-order valence-corrected chi connectivity index (χ4v) is 2.29. The van der Waals surface area contributed by atoms with Gasteiger partial charge >= 0.3 is 0 Å². The molecule has 15 heavy (non-hydrogen) atoms. The van der Waals surface area contributed by atoms with E-state index in [2.05, 4.69) is 11.2 Å². The second-order valence-corrected chi connectivity index (χ2v) is 4.22. The molecule has 0 bridgehead atoms. The standard InChI is InChI=1S/C11H13N3O/c12-6-10-9-4-5-15-7-11(9)14(13-10)8-2-1-3-8/h8H,1-5,7H2. The molecule has 1 aromatic rings. The molecule has 1 fully saturated rings. The monoisotopic (exact) mass is 203 g/mol. The van der Waals surface area contributed by atoms with Crippen molar-refractivity contribution in [2.75, 3.05) is 6.61 Å². The highest BCUT2D eigenvalue weighted by Gasteiger charge is 2.28. The van der Waals surface area contributed by atoms with Crippen LogP contribution < -0.4 is 0 Å². The maximum atomic E-state index is 9.01. The van der Waals surface area contributed by atoms with Gasteiger partial charge in [0, 0.05) is 12.0 Å². The smallest absolute Gasteiger partial charge is 0.166 e. The molecule has 0 unspecified atom stereocenters. The van der Waals surface area contributed by atoms with Gasteiger partial charge in [0.25, 0.3) is 0 Å². The second-order valence-electron chi connectivity index (χ2n) is 4.22. The van der Waals surface area contributed by atoms with Crippen LogP contribution in [0, 0.1) is 11.3 Å². The normalized spacial score (nSPS) is 20.5. The maximum absolute atomic E-state index is 9.01. The van der Waals surface area contributed by atoms with Crippen LogP contribution in [0.25, 0.3) is 0 Å². The van der Waals surface area contributed by atoms with Gasteiger partial charge in [-0.25, -0.2) is 0 Å². The van der Waals surface area contributed by atoms with Gasteiger partial charge in [-0.15, -0.1) is 0 Å². The summed E-state index contributed by atoms with van der Waals surface area (Å²) in [6, 6.07) is 2.71. The van der Waals surface area contributed by atoms with Crippen LogP contribution in [-0.4, -0.2) is 16.4 Å². The van der Waals surface area contributed by atoms with Crippen molar-refractivity contribution in [1.82, 2.24) is 9.78 Å². The fraction of sp³-hybridized carbons (Fsp3) is 0.636. The van der Waals surface area contributed by atoms with Crippen LogP contribution in [0.1, 0.15) is 42.3 Å². The van der Waals surface area contributed by atoms with Crippen molar-refractivity contribution in [2.45, 2.75) is 38.3 Å². The van der Waals surface area contributed by atoms with Crippen LogP contribution in [0.4, 0.5) is 0 Å². The number of nitriles is 1. The van der Waals surface area contributed by atoms with Gasteiger partial charge in [0.05, 0.1) is 24.9 Å². The van der Waals surface area contributed by atoms with Crippen LogP contribution in [-0.2, 0) is 17.8 Å². The van der Waals surface area contributed by atoms with Crippen molar-refractivity contribution >= 4 is 0 Å². The third-order valence-electron chi connectivity index (χ3n) is 3.38. The Balaban J connectivity index is 2.06. The van der Waals surface area contributed by atoms with Crippen molar-refractivity contribution in [3.63, 3.8) is 0 Å².